The topological polar surface area (TPSA) is 42.8 Å². The molecule has 0 aromatic heterocycles. The lowest BCUT2D eigenvalue weighted by atomic mass is 9.87. The van der Waals surface area contributed by atoms with E-state index in [9.17, 15) is 0 Å². The molecule has 3 aromatic carbocycles. The molecule has 156 valence electrons. The van der Waals surface area contributed by atoms with Gasteiger partial charge in [-0.25, -0.2) is 0 Å². The van der Waals surface area contributed by atoms with Crippen molar-refractivity contribution in [3.8, 4) is 11.5 Å². The second kappa shape index (κ2) is 9.49. The summed E-state index contributed by atoms with van der Waals surface area (Å²) in [4.78, 5) is 0. The number of ether oxygens (including phenoxy) is 2. The first-order valence-electron chi connectivity index (χ1n) is 10.1. The molecule has 4 nitrogen and oxygen atoms in total. The van der Waals surface area contributed by atoms with Crippen molar-refractivity contribution in [2.45, 2.75) is 39.7 Å². The van der Waals surface area contributed by atoms with Crippen molar-refractivity contribution < 1.29 is 9.47 Å². The Morgan fingerprint density at radius 3 is 2.23 bits per heavy atom. The number of methoxy groups -OCH3 is 1. The quantitative estimate of drug-likeness (QED) is 0.371. The van der Waals surface area contributed by atoms with Crippen LogP contribution in [-0.2, 0) is 12.0 Å². The lowest BCUT2D eigenvalue weighted by Crippen LogP contribution is -2.10. The molecule has 4 heteroatoms. The summed E-state index contributed by atoms with van der Waals surface area (Å²) in [6.07, 6.45) is 1.76. The van der Waals surface area contributed by atoms with Gasteiger partial charge in [0.2, 0.25) is 0 Å². The maximum atomic E-state index is 5.99. The molecule has 0 unspecified atom stereocenters. The number of nitrogens with one attached hydrogen (secondary N) is 1. The highest BCUT2D eigenvalue weighted by atomic mass is 16.5. The highest BCUT2D eigenvalue weighted by Crippen LogP contribution is 2.29. The van der Waals surface area contributed by atoms with E-state index in [4.69, 9.17) is 9.47 Å². The number of hydrogen-bond acceptors (Lipinski definition) is 4. The normalized spacial score (nSPS) is 11.5. The van der Waals surface area contributed by atoms with Gasteiger partial charge in [-0.3, -0.25) is 5.43 Å². The number of benzene rings is 3. The molecule has 0 spiro atoms. The first-order valence-corrected chi connectivity index (χ1v) is 10.1. The SMILES string of the molecule is COc1cc(/C=N/Nc2ccc(C)cc2)ccc1OCc1ccc(C(C)(C)C)cc1. The molecule has 3 rings (SSSR count). The average molecular weight is 403 g/mol. The van der Waals surface area contributed by atoms with Crippen molar-refractivity contribution in [1.82, 2.24) is 0 Å². The Labute approximate surface area is 179 Å². The molecule has 3 aromatic rings. The van der Waals surface area contributed by atoms with E-state index in [1.165, 1.54) is 11.1 Å². The van der Waals surface area contributed by atoms with Crippen LogP contribution in [0.3, 0.4) is 0 Å². The van der Waals surface area contributed by atoms with E-state index in [-0.39, 0.29) is 5.41 Å². The third kappa shape index (κ3) is 5.86. The van der Waals surface area contributed by atoms with Gasteiger partial charge in [0.15, 0.2) is 11.5 Å². The smallest absolute Gasteiger partial charge is 0.161 e. The van der Waals surface area contributed by atoms with Gasteiger partial charge >= 0.3 is 0 Å². The van der Waals surface area contributed by atoms with Crippen LogP contribution in [0, 0.1) is 6.92 Å². The third-order valence-electron chi connectivity index (χ3n) is 4.86. The van der Waals surface area contributed by atoms with Gasteiger partial charge in [0.1, 0.15) is 6.61 Å². The zero-order valence-electron chi connectivity index (χ0n) is 18.4. The Morgan fingerprint density at radius 2 is 1.60 bits per heavy atom. The predicted molar refractivity (Wildman–Crippen MR) is 125 cm³/mol. The molecule has 0 fully saturated rings. The van der Waals surface area contributed by atoms with Gasteiger partial charge in [0.05, 0.1) is 19.0 Å². The van der Waals surface area contributed by atoms with Crippen molar-refractivity contribution in [1.29, 1.82) is 0 Å². The van der Waals surface area contributed by atoms with Crippen molar-refractivity contribution in [2.24, 2.45) is 5.10 Å². The van der Waals surface area contributed by atoms with Crippen LogP contribution >= 0.6 is 0 Å². The predicted octanol–water partition coefficient (Wildman–Crippen LogP) is 6.33. The molecule has 0 aliphatic rings. The molecule has 0 bridgehead atoms. The number of nitrogens with zero attached hydrogens (tertiary/aromatic N) is 1. The summed E-state index contributed by atoms with van der Waals surface area (Å²) < 4.78 is 11.5. The van der Waals surface area contributed by atoms with E-state index >= 15 is 0 Å². The Kier molecular flexibility index (Phi) is 6.78. The summed E-state index contributed by atoms with van der Waals surface area (Å²) >= 11 is 0. The number of rotatable bonds is 7. The molecule has 0 amide bonds. The molecular formula is C26H30N2O2. The Hall–Kier alpha value is -3.27. The fraction of sp³-hybridized carbons (Fsp3) is 0.269. The molecule has 0 heterocycles. The Morgan fingerprint density at radius 1 is 0.900 bits per heavy atom. The lowest BCUT2D eigenvalue weighted by Gasteiger charge is -2.19. The van der Waals surface area contributed by atoms with Crippen LogP contribution in [0.15, 0.2) is 71.8 Å². The van der Waals surface area contributed by atoms with Gasteiger partial charge in [0, 0.05) is 0 Å². The third-order valence-corrected chi connectivity index (χ3v) is 4.86. The van der Waals surface area contributed by atoms with E-state index < -0.39 is 0 Å². The van der Waals surface area contributed by atoms with Gasteiger partial charge < -0.3 is 9.47 Å². The second-order valence-corrected chi connectivity index (χ2v) is 8.38. The van der Waals surface area contributed by atoms with Crippen molar-refractivity contribution in [2.75, 3.05) is 12.5 Å². The maximum absolute atomic E-state index is 5.99. The van der Waals surface area contributed by atoms with Gasteiger partial charge in [0.25, 0.3) is 0 Å². The molecule has 0 aliphatic heterocycles. The fourth-order valence-corrected chi connectivity index (χ4v) is 2.96. The number of hydrogen-bond donors (Lipinski definition) is 1. The summed E-state index contributed by atoms with van der Waals surface area (Å²) in [5.41, 5.74) is 8.70. The first-order chi connectivity index (χ1) is 14.3. The summed E-state index contributed by atoms with van der Waals surface area (Å²) in [6.45, 7) is 9.19. The maximum Gasteiger partial charge on any atom is 0.161 e. The monoisotopic (exact) mass is 402 g/mol. The summed E-state index contributed by atoms with van der Waals surface area (Å²) in [5, 5.41) is 4.30. The Bertz CT molecular complexity index is 985. The van der Waals surface area contributed by atoms with Crippen LogP contribution < -0.4 is 14.9 Å². The van der Waals surface area contributed by atoms with Crippen molar-refractivity contribution in [3.05, 3.63) is 89.0 Å². The summed E-state index contributed by atoms with van der Waals surface area (Å²) in [6, 6.07) is 22.4. The lowest BCUT2D eigenvalue weighted by molar-refractivity contribution is 0.284. The minimum absolute atomic E-state index is 0.147. The van der Waals surface area contributed by atoms with Crippen LogP contribution in [-0.4, -0.2) is 13.3 Å². The summed E-state index contributed by atoms with van der Waals surface area (Å²) in [5.74, 6) is 1.39. The molecule has 30 heavy (non-hydrogen) atoms. The molecule has 0 radical (unpaired) electrons. The van der Waals surface area contributed by atoms with Crippen molar-refractivity contribution in [3.63, 3.8) is 0 Å². The van der Waals surface area contributed by atoms with Gasteiger partial charge in [-0.2, -0.15) is 5.10 Å². The van der Waals surface area contributed by atoms with Crippen LogP contribution in [0.5, 0.6) is 11.5 Å². The molecular weight excluding hydrogens is 372 g/mol. The number of anilines is 1. The average Bonchev–Trinajstić information content (AvgIpc) is 2.73. The minimum atomic E-state index is 0.147. The highest BCUT2D eigenvalue weighted by molar-refractivity contribution is 5.81. The zero-order valence-corrected chi connectivity index (χ0v) is 18.4. The molecule has 0 saturated heterocycles. The van der Waals surface area contributed by atoms with Crippen LogP contribution in [0.1, 0.15) is 43.0 Å². The first kappa shape index (κ1) is 21.4. The van der Waals surface area contributed by atoms with Crippen LogP contribution in [0.25, 0.3) is 0 Å². The molecule has 1 N–H and O–H groups in total. The minimum Gasteiger partial charge on any atom is -0.493 e. The standard InChI is InChI=1S/C26H30N2O2/c1-19-6-13-23(14-7-19)28-27-17-21-10-15-24(25(16-21)29-5)30-18-20-8-11-22(12-9-20)26(2,3)4/h6-17,28H,18H2,1-5H3/b27-17+. The number of aryl methyl sites for hydroxylation is 1. The molecule has 0 aliphatic carbocycles. The molecule has 0 saturated carbocycles. The fourth-order valence-electron chi connectivity index (χ4n) is 2.96. The largest absolute Gasteiger partial charge is 0.493 e. The van der Waals surface area contributed by atoms with Gasteiger partial charge in [-0.1, -0.05) is 62.7 Å². The van der Waals surface area contributed by atoms with E-state index in [2.05, 4.69) is 62.5 Å². The van der Waals surface area contributed by atoms with Crippen molar-refractivity contribution >= 4 is 11.9 Å². The summed E-state index contributed by atoms with van der Waals surface area (Å²) in [7, 11) is 1.64. The second-order valence-electron chi connectivity index (χ2n) is 8.38. The van der Waals surface area contributed by atoms with E-state index in [0.29, 0.717) is 18.1 Å². The van der Waals surface area contributed by atoms with Gasteiger partial charge in [-0.15, -0.1) is 0 Å². The Balaban J connectivity index is 1.62. The number of hydrazone groups is 1. The van der Waals surface area contributed by atoms with E-state index in [1.54, 1.807) is 13.3 Å². The molecule has 0 atom stereocenters. The van der Waals surface area contributed by atoms with Gasteiger partial charge in [-0.05, 0) is 59.4 Å². The van der Waals surface area contributed by atoms with Crippen LogP contribution in [0.4, 0.5) is 5.69 Å². The zero-order chi connectivity index (χ0) is 21.6. The van der Waals surface area contributed by atoms with E-state index in [0.717, 1.165) is 16.8 Å². The van der Waals surface area contributed by atoms with E-state index in [1.807, 2.05) is 42.5 Å². The van der Waals surface area contributed by atoms with Crippen LogP contribution in [0.2, 0.25) is 0 Å². The highest BCUT2D eigenvalue weighted by Gasteiger charge is 2.13.